The van der Waals surface area contributed by atoms with Gasteiger partial charge in [-0.05, 0) is 81.7 Å². The highest BCUT2D eigenvalue weighted by Crippen LogP contribution is 2.41. The van der Waals surface area contributed by atoms with E-state index in [0.717, 1.165) is 23.0 Å². The van der Waals surface area contributed by atoms with E-state index in [1.807, 2.05) is 6.07 Å². The van der Waals surface area contributed by atoms with Gasteiger partial charge in [0.25, 0.3) is 0 Å². The third-order valence-electron chi connectivity index (χ3n) is 4.51. The summed E-state index contributed by atoms with van der Waals surface area (Å²) in [5.74, 6) is 1.46. The lowest BCUT2D eigenvalue weighted by molar-refractivity contribution is 0.223. The minimum Gasteiger partial charge on any atom is -0.312 e. The molecule has 3 atom stereocenters. The second kappa shape index (κ2) is 6.78. The van der Waals surface area contributed by atoms with E-state index in [1.165, 1.54) is 12.8 Å². The highest BCUT2D eigenvalue weighted by molar-refractivity contribution is 9.10. The SMILES string of the molecule is CC1CCC(CNC(C)(C)C)C(c2cc(Br)ccc2F)C1. The minimum absolute atomic E-state index is 0.0574. The van der Waals surface area contributed by atoms with Gasteiger partial charge in [0, 0.05) is 10.0 Å². The number of hydrogen-bond acceptors (Lipinski definition) is 1. The predicted molar refractivity (Wildman–Crippen MR) is 91.1 cm³/mol. The molecule has 1 nitrogen and oxygen atoms in total. The lowest BCUT2D eigenvalue weighted by Gasteiger charge is -2.37. The van der Waals surface area contributed by atoms with Crippen LogP contribution in [0.25, 0.3) is 0 Å². The normalized spacial score (nSPS) is 26.9. The van der Waals surface area contributed by atoms with Crippen LogP contribution in [0.15, 0.2) is 22.7 Å². The highest BCUT2D eigenvalue weighted by atomic mass is 79.9. The fourth-order valence-corrected chi connectivity index (χ4v) is 3.68. The molecule has 1 aromatic carbocycles. The fourth-order valence-electron chi connectivity index (χ4n) is 3.30. The van der Waals surface area contributed by atoms with Gasteiger partial charge in [-0.2, -0.15) is 0 Å². The summed E-state index contributed by atoms with van der Waals surface area (Å²) < 4.78 is 15.3. The topological polar surface area (TPSA) is 12.0 Å². The average molecular weight is 356 g/mol. The molecule has 21 heavy (non-hydrogen) atoms. The average Bonchev–Trinajstić information content (AvgIpc) is 2.39. The lowest BCUT2D eigenvalue weighted by atomic mass is 9.71. The molecule has 1 fully saturated rings. The Morgan fingerprint density at radius 3 is 2.67 bits per heavy atom. The van der Waals surface area contributed by atoms with Crippen molar-refractivity contribution in [2.45, 2.75) is 58.4 Å². The summed E-state index contributed by atoms with van der Waals surface area (Å²) in [6, 6.07) is 5.35. The van der Waals surface area contributed by atoms with E-state index in [-0.39, 0.29) is 11.4 Å². The Labute approximate surface area is 136 Å². The van der Waals surface area contributed by atoms with Gasteiger partial charge in [0.15, 0.2) is 0 Å². The van der Waals surface area contributed by atoms with Gasteiger partial charge in [0.1, 0.15) is 5.82 Å². The maximum atomic E-state index is 14.3. The van der Waals surface area contributed by atoms with E-state index < -0.39 is 0 Å². The smallest absolute Gasteiger partial charge is 0.126 e. The zero-order valence-electron chi connectivity index (χ0n) is 13.5. The summed E-state index contributed by atoms with van der Waals surface area (Å²) in [6.45, 7) is 9.82. The van der Waals surface area contributed by atoms with Crippen LogP contribution in [0.2, 0.25) is 0 Å². The van der Waals surface area contributed by atoms with Crippen LogP contribution in [-0.4, -0.2) is 12.1 Å². The third kappa shape index (κ3) is 4.79. The fraction of sp³-hybridized carbons (Fsp3) is 0.667. The summed E-state index contributed by atoms with van der Waals surface area (Å²) in [7, 11) is 0. The molecule has 0 radical (unpaired) electrons. The molecule has 0 bridgehead atoms. The summed E-state index contributed by atoms with van der Waals surface area (Å²) in [4.78, 5) is 0. The predicted octanol–water partition coefficient (Wildman–Crippen LogP) is 5.50. The molecule has 0 amide bonds. The van der Waals surface area contributed by atoms with Crippen LogP contribution < -0.4 is 5.32 Å². The van der Waals surface area contributed by atoms with Crippen molar-refractivity contribution in [2.24, 2.45) is 11.8 Å². The van der Waals surface area contributed by atoms with Gasteiger partial charge in [0.05, 0.1) is 0 Å². The largest absolute Gasteiger partial charge is 0.312 e. The Kier molecular flexibility index (Phi) is 5.48. The van der Waals surface area contributed by atoms with Gasteiger partial charge in [-0.3, -0.25) is 0 Å². The van der Waals surface area contributed by atoms with Crippen LogP contribution in [0.4, 0.5) is 4.39 Å². The number of halogens is 2. The van der Waals surface area contributed by atoms with Crippen LogP contribution in [0.3, 0.4) is 0 Å². The summed E-state index contributed by atoms with van der Waals surface area (Å²) >= 11 is 3.49. The first-order chi connectivity index (χ1) is 9.76. The van der Waals surface area contributed by atoms with Crippen LogP contribution in [0, 0.1) is 17.7 Å². The van der Waals surface area contributed by atoms with Crippen molar-refractivity contribution in [1.29, 1.82) is 0 Å². The molecule has 1 aromatic rings. The zero-order chi connectivity index (χ0) is 15.6. The first-order valence-corrected chi connectivity index (χ1v) is 8.75. The van der Waals surface area contributed by atoms with Gasteiger partial charge in [0.2, 0.25) is 0 Å². The summed E-state index contributed by atoms with van der Waals surface area (Å²) in [5.41, 5.74) is 1.00. The molecule has 0 aliphatic heterocycles. The molecule has 1 N–H and O–H groups in total. The maximum Gasteiger partial charge on any atom is 0.126 e. The van der Waals surface area contributed by atoms with Crippen molar-refractivity contribution in [1.82, 2.24) is 5.32 Å². The van der Waals surface area contributed by atoms with E-state index in [1.54, 1.807) is 12.1 Å². The van der Waals surface area contributed by atoms with Crippen molar-refractivity contribution in [3.05, 3.63) is 34.1 Å². The molecule has 1 aliphatic rings. The monoisotopic (exact) mass is 355 g/mol. The second-order valence-corrected chi connectivity index (χ2v) is 8.50. The van der Waals surface area contributed by atoms with Crippen LogP contribution in [-0.2, 0) is 0 Å². The van der Waals surface area contributed by atoms with E-state index in [0.29, 0.717) is 17.8 Å². The maximum absolute atomic E-state index is 14.3. The van der Waals surface area contributed by atoms with E-state index in [9.17, 15) is 4.39 Å². The molecule has 1 saturated carbocycles. The Morgan fingerprint density at radius 2 is 2.00 bits per heavy atom. The Bertz CT molecular complexity index is 481. The quantitative estimate of drug-likeness (QED) is 0.754. The van der Waals surface area contributed by atoms with Crippen molar-refractivity contribution in [3.8, 4) is 0 Å². The first kappa shape index (κ1) is 17.0. The summed E-state index contributed by atoms with van der Waals surface area (Å²) in [5, 5.41) is 3.61. The molecule has 0 saturated heterocycles. The Balaban J connectivity index is 2.20. The van der Waals surface area contributed by atoms with Gasteiger partial charge >= 0.3 is 0 Å². The molecule has 118 valence electrons. The van der Waals surface area contributed by atoms with E-state index >= 15 is 0 Å². The summed E-state index contributed by atoms with van der Waals surface area (Å²) in [6.07, 6.45) is 3.52. The zero-order valence-corrected chi connectivity index (χ0v) is 15.1. The Morgan fingerprint density at radius 1 is 1.29 bits per heavy atom. The van der Waals surface area contributed by atoms with Crippen molar-refractivity contribution in [3.63, 3.8) is 0 Å². The van der Waals surface area contributed by atoms with Crippen LogP contribution >= 0.6 is 15.9 Å². The van der Waals surface area contributed by atoms with Crippen LogP contribution in [0.1, 0.15) is 58.4 Å². The molecule has 3 heteroatoms. The van der Waals surface area contributed by atoms with Crippen LogP contribution in [0.5, 0.6) is 0 Å². The van der Waals surface area contributed by atoms with Crippen molar-refractivity contribution < 1.29 is 4.39 Å². The molecule has 0 spiro atoms. The van der Waals surface area contributed by atoms with Gasteiger partial charge in [-0.1, -0.05) is 29.3 Å². The van der Waals surface area contributed by atoms with Gasteiger partial charge < -0.3 is 5.32 Å². The highest BCUT2D eigenvalue weighted by Gasteiger charge is 2.32. The molecule has 0 aromatic heterocycles. The standard InChI is InChI=1S/C18H27BrFN/c1-12-5-6-13(11-21-18(2,3)4)15(9-12)16-10-14(19)7-8-17(16)20/h7-8,10,12-13,15,21H,5-6,9,11H2,1-4H3. The molecule has 0 heterocycles. The van der Waals surface area contributed by atoms with E-state index in [2.05, 4.69) is 48.9 Å². The molecule has 1 aliphatic carbocycles. The molecular weight excluding hydrogens is 329 g/mol. The van der Waals surface area contributed by atoms with Gasteiger partial charge in [-0.25, -0.2) is 4.39 Å². The number of nitrogens with one attached hydrogen (secondary N) is 1. The molecule has 2 rings (SSSR count). The number of rotatable bonds is 3. The van der Waals surface area contributed by atoms with Crippen molar-refractivity contribution >= 4 is 15.9 Å². The first-order valence-electron chi connectivity index (χ1n) is 7.96. The number of hydrogen-bond donors (Lipinski definition) is 1. The van der Waals surface area contributed by atoms with Gasteiger partial charge in [-0.15, -0.1) is 0 Å². The molecule has 3 unspecified atom stereocenters. The van der Waals surface area contributed by atoms with E-state index in [4.69, 9.17) is 0 Å². The minimum atomic E-state index is -0.0574. The number of benzene rings is 1. The third-order valence-corrected chi connectivity index (χ3v) is 5.00. The Hall–Kier alpha value is -0.410. The second-order valence-electron chi connectivity index (χ2n) is 7.58. The lowest BCUT2D eigenvalue weighted by Crippen LogP contribution is -2.41. The van der Waals surface area contributed by atoms with Crippen molar-refractivity contribution in [2.75, 3.05) is 6.54 Å². The molecular formula is C18H27BrFN.